The molecule has 0 N–H and O–H groups in total. The molecule has 2 saturated heterocycles. The zero-order valence-electron chi connectivity index (χ0n) is 26.7. The summed E-state index contributed by atoms with van der Waals surface area (Å²) in [7, 11) is 1.45. The molecule has 2 amide bonds. The molecule has 0 bridgehead atoms. The van der Waals surface area contributed by atoms with Crippen LogP contribution in [0.15, 0.2) is 35.5 Å². The molecule has 3 aliphatic heterocycles. The number of β-lactam (4-membered cyclic amide) rings is 1. The van der Waals surface area contributed by atoms with Gasteiger partial charge in [0, 0.05) is 45.2 Å². The van der Waals surface area contributed by atoms with Crippen LogP contribution in [-0.4, -0.2) is 97.6 Å². The van der Waals surface area contributed by atoms with Gasteiger partial charge < -0.3 is 19.0 Å². The molecule has 240 valence electrons. The van der Waals surface area contributed by atoms with Crippen LogP contribution >= 0.6 is 0 Å². The Morgan fingerprint density at radius 2 is 1.70 bits per heavy atom. The van der Waals surface area contributed by atoms with Crippen molar-refractivity contribution >= 4 is 37.8 Å². The number of ether oxygens (including phenoxy) is 1. The van der Waals surface area contributed by atoms with E-state index in [1.54, 1.807) is 19.0 Å². The molecule has 0 saturated carbocycles. The van der Waals surface area contributed by atoms with Crippen LogP contribution in [0.1, 0.15) is 51.4 Å². The number of nitrogens with zero attached hydrogens (tertiary/aromatic N) is 4. The van der Waals surface area contributed by atoms with Crippen LogP contribution in [0.5, 0.6) is 0 Å². The lowest BCUT2D eigenvalue weighted by Gasteiger charge is -2.49. The van der Waals surface area contributed by atoms with Crippen LogP contribution in [-0.2, 0) is 23.5 Å². The lowest BCUT2D eigenvalue weighted by Crippen LogP contribution is -2.65. The number of likely N-dealkylation sites (tertiary alicyclic amines) is 1. The fraction of sp³-hybridized carbons (Fsp3) is 0.613. The van der Waals surface area contributed by atoms with Crippen LogP contribution in [0, 0.1) is 27.9 Å². The van der Waals surface area contributed by atoms with Gasteiger partial charge in [-0.05, 0) is 55.7 Å². The monoisotopic (exact) mass is 628 g/mol. The van der Waals surface area contributed by atoms with Gasteiger partial charge in [0.05, 0.1) is 34.5 Å². The molecule has 44 heavy (non-hydrogen) atoms. The third-order valence-electron chi connectivity index (χ3n) is 9.82. The number of hydrogen-bond donors (Lipinski definition) is 0. The van der Waals surface area contributed by atoms with Gasteiger partial charge in [-0.3, -0.25) is 24.6 Å². The Balaban J connectivity index is 1.60. The highest BCUT2D eigenvalue weighted by molar-refractivity contribution is 6.73. The van der Waals surface area contributed by atoms with E-state index in [-0.39, 0.29) is 52.7 Å². The smallest absolute Gasteiger partial charge is 0.362 e. The fourth-order valence-electron chi connectivity index (χ4n) is 6.99. The highest BCUT2D eigenvalue weighted by atomic mass is 28.4. The molecule has 0 aromatic heterocycles. The normalized spacial score (nSPS) is 24.2. The molecule has 13 heteroatoms. The van der Waals surface area contributed by atoms with E-state index in [0.29, 0.717) is 31.6 Å². The van der Waals surface area contributed by atoms with Crippen LogP contribution in [0.4, 0.5) is 5.69 Å². The molecule has 0 radical (unpaired) electrons. The number of rotatable bonds is 12. The number of esters is 2. The van der Waals surface area contributed by atoms with Crippen LogP contribution in [0.3, 0.4) is 0 Å². The number of hydrogen-bond acceptors (Lipinski definition) is 9. The van der Waals surface area contributed by atoms with Gasteiger partial charge in [0.25, 0.3) is 5.69 Å². The summed E-state index contributed by atoms with van der Waals surface area (Å²) in [6, 6.07) is 7.30. The summed E-state index contributed by atoms with van der Waals surface area (Å²) in [4.78, 5) is 68.5. The first kappa shape index (κ1) is 33.5. The molecule has 1 aromatic carbocycles. The van der Waals surface area contributed by atoms with E-state index in [0.717, 1.165) is 30.3 Å². The summed E-state index contributed by atoms with van der Waals surface area (Å²) in [5.41, 5.74) is 0.547. The Labute approximate surface area is 259 Å². The summed E-state index contributed by atoms with van der Waals surface area (Å²) in [6.45, 7) is 11.9. The molecule has 12 nitrogen and oxygen atoms in total. The predicted octanol–water partition coefficient (Wildman–Crippen LogP) is 3.83. The summed E-state index contributed by atoms with van der Waals surface area (Å²) < 4.78 is 12.0. The van der Waals surface area contributed by atoms with Gasteiger partial charge in [-0.1, -0.05) is 27.7 Å². The third kappa shape index (κ3) is 6.22. The number of carbonyl (C=O) groups is 4. The van der Waals surface area contributed by atoms with E-state index >= 15 is 0 Å². The van der Waals surface area contributed by atoms with Crippen molar-refractivity contribution in [2.24, 2.45) is 17.8 Å². The molecule has 3 aliphatic rings. The number of benzene rings is 1. The van der Waals surface area contributed by atoms with Gasteiger partial charge in [0.1, 0.15) is 5.70 Å². The lowest BCUT2D eigenvalue weighted by molar-refractivity contribution is -0.384. The fourth-order valence-corrected chi connectivity index (χ4v) is 9.93. The van der Waals surface area contributed by atoms with Gasteiger partial charge in [-0.15, -0.1) is 0 Å². The van der Waals surface area contributed by atoms with Gasteiger partial charge in [-0.25, -0.2) is 9.59 Å². The van der Waals surface area contributed by atoms with Crippen molar-refractivity contribution in [1.29, 1.82) is 0 Å². The van der Waals surface area contributed by atoms with Crippen molar-refractivity contribution in [2.45, 2.75) is 71.3 Å². The number of nitro benzene ring substituents is 1. The van der Waals surface area contributed by atoms with Crippen molar-refractivity contribution in [3.63, 3.8) is 0 Å². The summed E-state index contributed by atoms with van der Waals surface area (Å²) in [5.74, 6) is -2.87. The minimum Gasteiger partial charge on any atom is -0.413 e. The number of carbonyl (C=O) groups excluding carboxylic acids is 4. The molecular formula is C31H44N4O8Si. The zero-order valence-corrected chi connectivity index (χ0v) is 27.7. The minimum atomic E-state index is -2.01. The second kappa shape index (κ2) is 13.3. The maximum absolute atomic E-state index is 13.8. The molecular weight excluding hydrogens is 584 g/mol. The summed E-state index contributed by atoms with van der Waals surface area (Å²) in [5, 5.41) is 11.0. The van der Waals surface area contributed by atoms with Crippen LogP contribution < -0.4 is 0 Å². The first-order chi connectivity index (χ1) is 20.8. The van der Waals surface area contributed by atoms with E-state index in [4.69, 9.17) is 9.16 Å². The van der Waals surface area contributed by atoms with E-state index in [9.17, 15) is 29.3 Å². The third-order valence-corrected chi connectivity index (χ3v) is 14.6. The van der Waals surface area contributed by atoms with E-state index in [1.165, 1.54) is 17.0 Å². The van der Waals surface area contributed by atoms with Crippen molar-refractivity contribution in [3.8, 4) is 0 Å². The van der Waals surface area contributed by atoms with Crippen molar-refractivity contribution in [3.05, 3.63) is 51.2 Å². The van der Waals surface area contributed by atoms with E-state index in [1.807, 2.05) is 13.8 Å². The Bertz CT molecular complexity index is 1330. The average molecular weight is 629 g/mol. The molecule has 0 aliphatic carbocycles. The molecule has 0 spiro atoms. The van der Waals surface area contributed by atoms with Crippen molar-refractivity contribution in [2.75, 3.05) is 33.7 Å². The first-order valence-corrected chi connectivity index (χ1v) is 18.0. The second-order valence-electron chi connectivity index (χ2n) is 12.4. The zero-order chi connectivity index (χ0) is 32.5. The minimum absolute atomic E-state index is 0.0203. The molecule has 5 atom stereocenters. The number of fused-ring (bicyclic) bond motifs is 1. The first-order valence-electron chi connectivity index (χ1n) is 15.5. The molecule has 1 aromatic rings. The topological polar surface area (TPSA) is 140 Å². The number of non-ortho nitro benzene ring substituents is 1. The molecule has 1 unspecified atom stereocenters. The van der Waals surface area contributed by atoms with Crippen molar-refractivity contribution < 1.29 is 33.3 Å². The Kier molecular flexibility index (Phi) is 10.1. The molecule has 4 rings (SSSR count). The standard InChI is InChI=1S/C31H44N4O8Si/c1-8-44(9-2,10-3)43-20(5)25-26-19(4)24(18-33-16-15-22(17-33)28(36)32(6)7)27(34(26)29(25)37)31(39)42-30(38)21-11-13-23(14-12-21)35(40)41/h11-14,19-20,22,25-26H,8-10,15-18H2,1-7H3/t19-,20+,22-,25?,26+/m0/s1. The van der Waals surface area contributed by atoms with E-state index in [2.05, 4.69) is 25.7 Å². The quantitative estimate of drug-likeness (QED) is 0.0844. The van der Waals surface area contributed by atoms with Crippen LogP contribution in [0.2, 0.25) is 18.1 Å². The maximum atomic E-state index is 13.8. The van der Waals surface area contributed by atoms with Gasteiger partial charge in [0.15, 0.2) is 8.32 Å². The largest absolute Gasteiger partial charge is 0.413 e. The van der Waals surface area contributed by atoms with Gasteiger partial charge in [0.2, 0.25) is 11.8 Å². The van der Waals surface area contributed by atoms with Gasteiger partial charge in [-0.2, -0.15) is 0 Å². The Morgan fingerprint density at radius 3 is 2.25 bits per heavy atom. The Morgan fingerprint density at radius 1 is 1.09 bits per heavy atom. The molecule has 3 heterocycles. The lowest BCUT2D eigenvalue weighted by atomic mass is 9.77. The van der Waals surface area contributed by atoms with Gasteiger partial charge >= 0.3 is 11.9 Å². The molecule has 2 fully saturated rings. The number of nitro groups is 1. The Hall–Kier alpha value is -3.42. The van der Waals surface area contributed by atoms with Crippen molar-refractivity contribution in [1.82, 2.24) is 14.7 Å². The highest BCUT2D eigenvalue weighted by Crippen LogP contribution is 2.49. The SMILES string of the molecule is CC[Si](CC)(CC)O[C@H](C)C1C(=O)N2C(C(=O)OC(=O)c3ccc([N+](=O)[O-])cc3)=C(CN3CC[C@H](C(=O)N(C)C)C3)[C@H](C)[C@H]12. The average Bonchev–Trinajstić information content (AvgIpc) is 3.56. The number of amides is 2. The maximum Gasteiger partial charge on any atom is 0.362 e. The highest BCUT2D eigenvalue weighted by Gasteiger charge is 2.61. The summed E-state index contributed by atoms with van der Waals surface area (Å²) in [6.07, 6.45) is 0.360. The van der Waals surface area contributed by atoms with Crippen LogP contribution in [0.25, 0.3) is 0 Å². The summed E-state index contributed by atoms with van der Waals surface area (Å²) >= 11 is 0. The van der Waals surface area contributed by atoms with E-state index < -0.39 is 31.1 Å². The predicted molar refractivity (Wildman–Crippen MR) is 165 cm³/mol. The second-order valence-corrected chi connectivity index (χ2v) is 17.1.